The number of imidazole rings is 1. The number of nitrogens with two attached hydrogens (primary N) is 1. The summed E-state index contributed by atoms with van der Waals surface area (Å²) in [5.41, 5.74) is 9.87. The minimum Gasteiger partial charge on any atom is -0.482 e. The number of alkyl halides is 2. The summed E-state index contributed by atoms with van der Waals surface area (Å²) >= 11 is 0. The SMILES string of the molecule is CCOC1CC2CN(C(=O)c3cc(OC)n4c(C)c(-c5cc6ccc(N(C(F)F)S(C)(=O)=O)nc6n5CC5CC5)nc4c3)C1C2N. The smallest absolute Gasteiger partial charge is 0.329 e. The number of hydrogen-bond donors (Lipinski definition) is 1. The maximum atomic E-state index is 13.9. The number of carbonyl (C=O) groups is 1. The molecule has 4 atom stereocenters. The van der Waals surface area contributed by atoms with Gasteiger partial charge in [-0.15, -0.1) is 0 Å². The van der Waals surface area contributed by atoms with Crippen molar-refractivity contribution >= 4 is 38.4 Å². The van der Waals surface area contributed by atoms with Crippen molar-refractivity contribution in [1.82, 2.24) is 23.8 Å². The van der Waals surface area contributed by atoms with Gasteiger partial charge >= 0.3 is 6.55 Å². The number of fused-ring (bicyclic) bond motifs is 4. The van der Waals surface area contributed by atoms with E-state index in [-0.39, 0.29) is 40.1 Å². The van der Waals surface area contributed by atoms with Gasteiger partial charge in [-0.2, -0.15) is 13.1 Å². The van der Waals surface area contributed by atoms with E-state index in [0.717, 1.165) is 31.2 Å². The van der Waals surface area contributed by atoms with Gasteiger partial charge in [0.05, 0.1) is 36.9 Å². The highest BCUT2D eigenvalue weighted by atomic mass is 32.2. The normalized spacial score (nSPS) is 22.9. The number of anilines is 1. The number of piperidine rings is 1. The number of ether oxygens (including phenoxy) is 2. The van der Waals surface area contributed by atoms with Gasteiger partial charge < -0.3 is 24.7 Å². The van der Waals surface area contributed by atoms with Gasteiger partial charge in [-0.25, -0.2) is 18.4 Å². The van der Waals surface area contributed by atoms with E-state index in [1.807, 2.05) is 33.8 Å². The van der Waals surface area contributed by atoms with Crippen LogP contribution in [0.5, 0.6) is 5.88 Å². The highest BCUT2D eigenvalue weighted by molar-refractivity contribution is 7.92. The molecule has 2 N–H and O–H groups in total. The molecule has 3 aliphatic rings. The zero-order chi connectivity index (χ0) is 32.7. The third kappa shape index (κ3) is 4.99. The van der Waals surface area contributed by atoms with Crippen molar-refractivity contribution in [3.8, 4) is 17.3 Å². The molecule has 0 spiro atoms. The quantitative estimate of drug-likeness (QED) is 0.255. The average Bonchev–Trinajstić information content (AvgIpc) is 3.44. The molecule has 4 aromatic rings. The number of aromatic nitrogens is 4. The molecule has 7 rings (SSSR count). The third-order valence-electron chi connectivity index (χ3n) is 9.53. The first-order valence-corrected chi connectivity index (χ1v) is 17.3. The lowest BCUT2D eigenvalue weighted by atomic mass is 10.1. The molecule has 1 saturated heterocycles. The van der Waals surface area contributed by atoms with Crippen molar-refractivity contribution in [2.75, 3.05) is 30.8 Å². The van der Waals surface area contributed by atoms with Gasteiger partial charge in [0.1, 0.15) is 22.8 Å². The highest BCUT2D eigenvalue weighted by Gasteiger charge is 2.53. The Labute approximate surface area is 265 Å². The average molecular weight is 658 g/mol. The van der Waals surface area contributed by atoms with Crippen molar-refractivity contribution < 1.29 is 31.5 Å². The molecule has 5 heterocycles. The van der Waals surface area contributed by atoms with E-state index in [2.05, 4.69) is 4.98 Å². The van der Waals surface area contributed by atoms with Crippen LogP contribution in [-0.2, 0) is 21.3 Å². The highest BCUT2D eigenvalue weighted by Crippen LogP contribution is 2.41. The van der Waals surface area contributed by atoms with Crippen LogP contribution in [-0.4, -0.2) is 89.4 Å². The molecule has 2 bridgehead atoms. The summed E-state index contributed by atoms with van der Waals surface area (Å²) < 4.78 is 67.6. The summed E-state index contributed by atoms with van der Waals surface area (Å²) in [5, 5.41) is 0.658. The Bertz CT molecular complexity index is 1960. The minimum atomic E-state index is -4.28. The van der Waals surface area contributed by atoms with Crippen molar-refractivity contribution in [2.45, 2.75) is 64.4 Å². The molecule has 0 aromatic carbocycles. The standard InChI is InChI=1S/C31H37F2N7O5S/c1-5-45-22-11-20-15-38(28(22)26(20)34)30(41)19-12-24-35-27(16(2)39(24)25(13-19)44-3)21-10-18-8-9-23(40(31(32)33)46(4,42)43)36-29(18)37(21)14-17-6-7-17/h8-10,12-13,17,20,22,26,28,31H,5-7,11,14-15,34H2,1-4H3. The lowest BCUT2D eigenvalue weighted by Crippen LogP contribution is -2.49. The monoisotopic (exact) mass is 657 g/mol. The number of likely N-dealkylation sites (tertiary alicyclic amines) is 1. The predicted molar refractivity (Wildman–Crippen MR) is 168 cm³/mol. The molecule has 4 aromatic heterocycles. The number of methoxy groups -OCH3 is 1. The van der Waals surface area contributed by atoms with E-state index < -0.39 is 16.6 Å². The van der Waals surface area contributed by atoms with Gasteiger partial charge in [-0.05, 0) is 69.2 Å². The Morgan fingerprint density at radius 3 is 2.59 bits per heavy atom. The summed E-state index contributed by atoms with van der Waals surface area (Å²) in [4.78, 5) is 25.1. The maximum absolute atomic E-state index is 13.9. The Balaban J connectivity index is 1.32. The van der Waals surface area contributed by atoms with Crippen LogP contribution in [0.2, 0.25) is 0 Å². The Morgan fingerprint density at radius 2 is 1.96 bits per heavy atom. The van der Waals surface area contributed by atoms with Gasteiger partial charge in [-0.3, -0.25) is 9.20 Å². The Hall–Kier alpha value is -3.82. The third-order valence-corrected chi connectivity index (χ3v) is 10.6. The number of sulfonamides is 1. The van der Waals surface area contributed by atoms with Gasteiger partial charge in [0.25, 0.3) is 5.91 Å². The molecule has 3 fully saturated rings. The molecular weight excluding hydrogens is 620 g/mol. The fourth-order valence-corrected chi connectivity index (χ4v) is 7.98. The minimum absolute atomic E-state index is 0.0236. The van der Waals surface area contributed by atoms with Crippen LogP contribution >= 0.6 is 0 Å². The van der Waals surface area contributed by atoms with Crippen molar-refractivity contribution in [1.29, 1.82) is 0 Å². The molecule has 4 unspecified atom stereocenters. The number of carbonyl (C=O) groups excluding carboxylic acids is 1. The van der Waals surface area contributed by atoms with Gasteiger partial charge in [0.15, 0.2) is 5.88 Å². The first-order valence-electron chi connectivity index (χ1n) is 15.4. The molecule has 0 radical (unpaired) electrons. The second kappa shape index (κ2) is 11.2. The van der Waals surface area contributed by atoms with Gasteiger partial charge in [-0.1, -0.05) is 0 Å². The number of rotatable bonds is 10. The topological polar surface area (TPSA) is 137 Å². The maximum Gasteiger partial charge on any atom is 0.329 e. The summed E-state index contributed by atoms with van der Waals surface area (Å²) in [5.74, 6) is 0.469. The Kier molecular flexibility index (Phi) is 7.48. The summed E-state index contributed by atoms with van der Waals surface area (Å²) in [7, 11) is -2.74. The molecular formula is C31H37F2N7O5S. The molecule has 2 aliphatic carbocycles. The second-order valence-electron chi connectivity index (χ2n) is 12.5. The summed E-state index contributed by atoms with van der Waals surface area (Å²) in [6, 6.07) is 7.87. The van der Waals surface area contributed by atoms with Crippen molar-refractivity contribution in [2.24, 2.45) is 17.6 Å². The van der Waals surface area contributed by atoms with Crippen LogP contribution in [0.3, 0.4) is 0 Å². The zero-order valence-corrected chi connectivity index (χ0v) is 26.9. The zero-order valence-electron chi connectivity index (χ0n) is 26.1. The number of halogens is 2. The van der Waals surface area contributed by atoms with Gasteiger partial charge in [0, 0.05) is 42.8 Å². The lowest BCUT2D eigenvalue weighted by Gasteiger charge is -2.33. The van der Waals surface area contributed by atoms with E-state index in [9.17, 15) is 22.0 Å². The van der Waals surface area contributed by atoms with Crippen LogP contribution in [0, 0.1) is 18.8 Å². The van der Waals surface area contributed by atoms with Crippen LogP contribution in [0.25, 0.3) is 28.1 Å². The number of pyridine rings is 2. The van der Waals surface area contributed by atoms with E-state index in [0.29, 0.717) is 65.1 Å². The van der Waals surface area contributed by atoms with Crippen LogP contribution < -0.4 is 14.8 Å². The van der Waals surface area contributed by atoms with Crippen LogP contribution in [0.1, 0.15) is 42.2 Å². The first kappa shape index (κ1) is 30.8. The molecule has 2 saturated carbocycles. The number of hydrogen-bond acceptors (Lipinski definition) is 8. The van der Waals surface area contributed by atoms with E-state index in [4.69, 9.17) is 20.2 Å². The molecule has 1 aliphatic heterocycles. The predicted octanol–water partition coefficient (Wildman–Crippen LogP) is 3.64. The molecule has 46 heavy (non-hydrogen) atoms. The first-order chi connectivity index (χ1) is 21.9. The summed E-state index contributed by atoms with van der Waals surface area (Å²) in [6.45, 7) is 2.23. The van der Waals surface area contributed by atoms with Crippen molar-refractivity contribution in [3.63, 3.8) is 0 Å². The van der Waals surface area contributed by atoms with Gasteiger partial charge in [0.2, 0.25) is 10.0 Å². The van der Waals surface area contributed by atoms with Crippen LogP contribution in [0.4, 0.5) is 14.6 Å². The van der Waals surface area contributed by atoms with Crippen molar-refractivity contribution in [3.05, 3.63) is 41.6 Å². The largest absolute Gasteiger partial charge is 0.482 e. The number of amides is 1. The molecule has 15 heteroatoms. The summed E-state index contributed by atoms with van der Waals surface area (Å²) in [6.07, 6.45) is 3.50. The fraction of sp³-hybridized carbons (Fsp3) is 0.516. The lowest BCUT2D eigenvalue weighted by molar-refractivity contribution is -0.00238. The number of nitrogens with zero attached hydrogens (tertiary/aromatic N) is 6. The van der Waals surface area contributed by atoms with Crippen LogP contribution in [0.15, 0.2) is 30.3 Å². The fourth-order valence-electron chi connectivity index (χ4n) is 7.25. The second-order valence-corrected chi connectivity index (χ2v) is 14.4. The molecule has 12 nitrogen and oxygen atoms in total. The Morgan fingerprint density at radius 1 is 1.20 bits per heavy atom. The van der Waals surface area contributed by atoms with E-state index >= 15 is 0 Å². The molecule has 1 amide bonds. The number of aryl methyl sites for hydroxylation is 1. The van der Waals surface area contributed by atoms with E-state index in [1.54, 1.807) is 18.2 Å². The molecule has 246 valence electrons. The van der Waals surface area contributed by atoms with E-state index in [1.165, 1.54) is 13.2 Å².